The van der Waals surface area contributed by atoms with Gasteiger partial charge in [-0.15, -0.1) is 0 Å². The fourth-order valence-corrected chi connectivity index (χ4v) is 4.35. The van der Waals surface area contributed by atoms with Crippen LogP contribution in [0.25, 0.3) is 22.2 Å². The van der Waals surface area contributed by atoms with Crippen molar-refractivity contribution in [1.29, 1.82) is 0 Å². The molecule has 1 aromatic heterocycles. The van der Waals surface area contributed by atoms with E-state index in [2.05, 4.69) is 4.98 Å². The Morgan fingerprint density at radius 2 is 1.65 bits per heavy atom. The zero-order valence-corrected chi connectivity index (χ0v) is 18.0. The number of aromatic nitrogens is 2. The number of imidazole rings is 1. The van der Waals surface area contributed by atoms with Crippen LogP contribution >= 0.6 is 11.6 Å². The zero-order chi connectivity index (χ0) is 21.8. The van der Waals surface area contributed by atoms with Gasteiger partial charge in [-0.3, -0.25) is 9.59 Å². The molecule has 31 heavy (non-hydrogen) atoms. The minimum absolute atomic E-state index is 0.144. The van der Waals surface area contributed by atoms with Crippen LogP contribution in [-0.2, 0) is 11.8 Å². The third-order valence-corrected chi connectivity index (χ3v) is 6.55. The van der Waals surface area contributed by atoms with Crippen molar-refractivity contribution < 1.29 is 14.7 Å². The van der Waals surface area contributed by atoms with Gasteiger partial charge < -0.3 is 19.5 Å². The predicted molar refractivity (Wildman–Crippen MR) is 118 cm³/mol. The first kappa shape index (κ1) is 20.0. The molecule has 7 nitrogen and oxygen atoms in total. The highest BCUT2D eigenvalue weighted by Gasteiger charge is 2.50. The molecule has 0 spiro atoms. The molecule has 1 saturated carbocycles. The molecule has 0 bridgehead atoms. The van der Waals surface area contributed by atoms with E-state index in [9.17, 15) is 14.7 Å². The fraction of sp³-hybridized carbons (Fsp3) is 0.348. The van der Waals surface area contributed by atoms with Gasteiger partial charge in [-0.25, -0.2) is 4.98 Å². The molecule has 2 amide bonds. The summed E-state index contributed by atoms with van der Waals surface area (Å²) < 4.78 is 1.96. The fourth-order valence-electron chi connectivity index (χ4n) is 4.09. The summed E-state index contributed by atoms with van der Waals surface area (Å²) in [4.78, 5) is 33.0. The van der Waals surface area contributed by atoms with Gasteiger partial charge in [0.1, 0.15) is 5.60 Å². The Kier molecular flexibility index (Phi) is 4.75. The third kappa shape index (κ3) is 3.58. The maximum atomic E-state index is 13.0. The number of rotatable bonds is 3. The van der Waals surface area contributed by atoms with Gasteiger partial charge in [-0.1, -0.05) is 23.7 Å². The van der Waals surface area contributed by atoms with Crippen LogP contribution in [0.15, 0.2) is 42.7 Å². The number of hydrogen-bond donors (Lipinski definition) is 1. The number of aliphatic hydroxyl groups is 1. The Balaban J connectivity index is 1.30. The Morgan fingerprint density at radius 3 is 2.32 bits per heavy atom. The topological polar surface area (TPSA) is 78.7 Å². The number of carbonyl (C=O) groups excluding carboxylic acids is 2. The first-order valence-electron chi connectivity index (χ1n) is 10.4. The van der Waals surface area contributed by atoms with Crippen molar-refractivity contribution in [3.8, 4) is 11.1 Å². The Labute approximate surface area is 184 Å². The average Bonchev–Trinajstić information content (AvgIpc) is 3.44. The van der Waals surface area contributed by atoms with Crippen molar-refractivity contribution in [1.82, 2.24) is 19.4 Å². The van der Waals surface area contributed by atoms with Gasteiger partial charge in [-0.2, -0.15) is 0 Å². The number of halogens is 1. The number of piperazine rings is 1. The molecule has 160 valence electrons. The number of aryl methyl sites for hydroxylation is 1. The molecule has 1 aliphatic heterocycles. The highest BCUT2D eigenvalue weighted by molar-refractivity contribution is 6.34. The normalized spacial score (nSPS) is 17.8. The van der Waals surface area contributed by atoms with Crippen molar-refractivity contribution in [2.45, 2.75) is 18.4 Å². The van der Waals surface area contributed by atoms with Crippen molar-refractivity contribution in [3.05, 3.63) is 53.3 Å². The molecule has 0 unspecified atom stereocenters. The highest BCUT2D eigenvalue weighted by Crippen LogP contribution is 2.37. The minimum Gasteiger partial charge on any atom is -0.380 e. The molecule has 2 fully saturated rings. The van der Waals surface area contributed by atoms with E-state index in [4.69, 9.17) is 11.6 Å². The van der Waals surface area contributed by atoms with Crippen LogP contribution < -0.4 is 0 Å². The van der Waals surface area contributed by atoms with Gasteiger partial charge in [0.2, 0.25) is 0 Å². The maximum Gasteiger partial charge on any atom is 0.255 e. The van der Waals surface area contributed by atoms with Crippen LogP contribution in [0, 0.1) is 0 Å². The van der Waals surface area contributed by atoms with Gasteiger partial charge >= 0.3 is 0 Å². The summed E-state index contributed by atoms with van der Waals surface area (Å²) in [6, 6.07) is 11.5. The van der Waals surface area contributed by atoms with Gasteiger partial charge in [-0.05, 0) is 48.2 Å². The van der Waals surface area contributed by atoms with E-state index in [1.807, 2.05) is 35.9 Å². The minimum atomic E-state index is -1.16. The number of hydrogen-bond acceptors (Lipinski definition) is 4. The largest absolute Gasteiger partial charge is 0.380 e. The van der Waals surface area contributed by atoms with E-state index in [0.717, 1.165) is 22.2 Å². The number of carbonyl (C=O) groups is 2. The van der Waals surface area contributed by atoms with Gasteiger partial charge in [0.25, 0.3) is 11.8 Å². The summed E-state index contributed by atoms with van der Waals surface area (Å²) in [6.45, 7) is 1.70. The van der Waals surface area contributed by atoms with Crippen LogP contribution in [0.2, 0.25) is 5.02 Å². The molecule has 2 aliphatic rings. The van der Waals surface area contributed by atoms with E-state index in [1.54, 1.807) is 28.3 Å². The van der Waals surface area contributed by atoms with Crippen LogP contribution in [-0.4, -0.2) is 68.1 Å². The molecule has 0 radical (unpaired) electrons. The van der Waals surface area contributed by atoms with E-state index < -0.39 is 5.60 Å². The summed E-state index contributed by atoms with van der Waals surface area (Å²) in [5.74, 6) is -0.360. The molecule has 1 aliphatic carbocycles. The highest BCUT2D eigenvalue weighted by atomic mass is 35.5. The second kappa shape index (κ2) is 7.35. The molecule has 3 aromatic rings. The van der Waals surface area contributed by atoms with Gasteiger partial charge in [0.05, 0.1) is 27.9 Å². The summed E-state index contributed by atoms with van der Waals surface area (Å²) in [7, 11) is 1.95. The lowest BCUT2D eigenvalue weighted by molar-refractivity contribution is -0.143. The van der Waals surface area contributed by atoms with Gasteiger partial charge in [0.15, 0.2) is 0 Å². The average molecular weight is 439 g/mol. The molecule has 2 heterocycles. The summed E-state index contributed by atoms with van der Waals surface area (Å²) in [5.41, 5.74) is 3.14. The van der Waals surface area contributed by atoms with Crippen LogP contribution in [0.1, 0.15) is 23.2 Å². The lowest BCUT2D eigenvalue weighted by atomic mass is 10.0. The standard InChI is InChI=1S/C23H23ClN4O3/c1-26-14-25-19-13-16(3-5-20(19)26)15-2-4-17(18(24)12-15)21(29)27-8-10-28(11-9-27)22(30)23(31)6-7-23/h2-5,12-14,31H,6-11H2,1H3. The molecular weight excluding hydrogens is 416 g/mol. The molecule has 8 heteroatoms. The lowest BCUT2D eigenvalue weighted by Gasteiger charge is -2.36. The molecule has 1 N–H and O–H groups in total. The first-order chi connectivity index (χ1) is 14.9. The molecule has 1 saturated heterocycles. The van der Waals surface area contributed by atoms with Crippen LogP contribution in [0.4, 0.5) is 0 Å². The Hall–Kier alpha value is -2.90. The Morgan fingerprint density at radius 1 is 1.00 bits per heavy atom. The smallest absolute Gasteiger partial charge is 0.255 e. The van der Waals surface area contributed by atoms with Crippen molar-refractivity contribution in [2.75, 3.05) is 26.2 Å². The number of nitrogens with zero attached hydrogens (tertiary/aromatic N) is 4. The number of amides is 2. The first-order valence-corrected chi connectivity index (χ1v) is 10.8. The number of fused-ring (bicyclic) bond motifs is 1. The summed E-state index contributed by atoms with van der Waals surface area (Å²) >= 11 is 6.50. The van der Waals surface area contributed by atoms with Crippen molar-refractivity contribution in [3.63, 3.8) is 0 Å². The second-order valence-corrected chi connectivity index (χ2v) is 8.78. The molecule has 2 aromatic carbocycles. The van der Waals surface area contributed by atoms with E-state index in [0.29, 0.717) is 49.6 Å². The van der Waals surface area contributed by atoms with Crippen LogP contribution in [0.3, 0.4) is 0 Å². The lowest BCUT2D eigenvalue weighted by Crippen LogP contribution is -2.53. The van der Waals surface area contributed by atoms with Crippen LogP contribution in [0.5, 0.6) is 0 Å². The Bertz CT molecular complexity index is 1190. The summed E-state index contributed by atoms with van der Waals surface area (Å²) in [5, 5.41) is 10.4. The summed E-state index contributed by atoms with van der Waals surface area (Å²) in [6.07, 6.45) is 2.84. The van der Waals surface area contributed by atoms with Crippen molar-refractivity contribution in [2.24, 2.45) is 7.05 Å². The van der Waals surface area contributed by atoms with E-state index in [-0.39, 0.29) is 11.8 Å². The number of benzene rings is 2. The SMILES string of the molecule is Cn1cnc2cc(-c3ccc(C(=O)N4CCN(C(=O)C5(O)CC5)CC4)c(Cl)c3)ccc21. The van der Waals surface area contributed by atoms with Crippen molar-refractivity contribution >= 4 is 34.4 Å². The van der Waals surface area contributed by atoms with E-state index >= 15 is 0 Å². The molecular formula is C23H23ClN4O3. The maximum absolute atomic E-state index is 13.0. The second-order valence-electron chi connectivity index (χ2n) is 8.37. The quantitative estimate of drug-likeness (QED) is 0.682. The molecule has 0 atom stereocenters. The monoisotopic (exact) mass is 438 g/mol. The zero-order valence-electron chi connectivity index (χ0n) is 17.2. The van der Waals surface area contributed by atoms with Gasteiger partial charge in [0, 0.05) is 33.2 Å². The van der Waals surface area contributed by atoms with E-state index in [1.165, 1.54) is 0 Å². The molecule has 5 rings (SSSR count). The predicted octanol–water partition coefficient (Wildman–Crippen LogP) is 2.70. The third-order valence-electron chi connectivity index (χ3n) is 6.23.